The lowest BCUT2D eigenvalue weighted by atomic mass is 9.86. The lowest BCUT2D eigenvalue weighted by Crippen LogP contribution is -2.73. The van der Waals surface area contributed by atoms with E-state index in [0.717, 1.165) is 24.8 Å². The summed E-state index contributed by atoms with van der Waals surface area (Å²) in [5, 5.41) is 0. The summed E-state index contributed by atoms with van der Waals surface area (Å²) in [4.78, 5) is 32.3. The molecular formula is C20H21N3O2S2. The van der Waals surface area contributed by atoms with E-state index in [1.807, 2.05) is 13.8 Å². The van der Waals surface area contributed by atoms with Crippen LogP contribution in [0.15, 0.2) is 18.2 Å². The number of rotatable bonds is 1. The third-order valence-electron chi connectivity index (χ3n) is 6.76. The Morgan fingerprint density at radius 2 is 1.89 bits per heavy atom. The SMILES string of the molecule is [C-]#[N+][C@@]1(C)C[C@@]23SS[C@@](C)(C(=O)N2[C@H]1c1ccc2c(c1)CCC2)N(C)C3=O. The number of hydrogen-bond acceptors (Lipinski definition) is 4. The maximum Gasteiger partial charge on any atom is 0.262 e. The Labute approximate surface area is 167 Å². The van der Waals surface area contributed by atoms with Crippen molar-refractivity contribution in [3.8, 4) is 0 Å². The highest BCUT2D eigenvalue weighted by atomic mass is 33.1. The quantitative estimate of drug-likeness (QED) is 0.536. The fraction of sp³-hybridized carbons (Fsp3) is 0.550. The fourth-order valence-corrected chi connectivity index (χ4v) is 8.73. The molecule has 0 aromatic heterocycles. The highest BCUT2D eigenvalue weighted by Crippen LogP contribution is 2.68. The predicted molar refractivity (Wildman–Crippen MR) is 107 cm³/mol. The van der Waals surface area contributed by atoms with Crippen LogP contribution >= 0.6 is 21.6 Å². The van der Waals surface area contributed by atoms with E-state index >= 15 is 0 Å². The van der Waals surface area contributed by atoms with Crippen LogP contribution in [-0.2, 0) is 22.4 Å². The number of benzene rings is 1. The zero-order chi connectivity index (χ0) is 19.2. The number of fused-ring (bicyclic) bond motifs is 3. The first-order chi connectivity index (χ1) is 12.8. The monoisotopic (exact) mass is 399 g/mol. The first-order valence-electron chi connectivity index (χ1n) is 9.26. The van der Waals surface area contributed by atoms with Gasteiger partial charge in [0.1, 0.15) is 6.04 Å². The van der Waals surface area contributed by atoms with Gasteiger partial charge in [-0.1, -0.05) is 39.8 Å². The van der Waals surface area contributed by atoms with Gasteiger partial charge in [0.05, 0.1) is 6.42 Å². The van der Waals surface area contributed by atoms with Gasteiger partial charge < -0.3 is 14.6 Å². The molecule has 4 atom stereocenters. The standard InChI is InChI=1S/C20H21N3O2S2/c1-18(21-3)11-20-17(25)22(4)19(2,26-27-20)16(24)23(20)15(18)14-9-8-12-6-5-7-13(12)10-14/h8-10,15H,5-7,11H2,1-2,4H3/t15-,18-,19-,20-/m0/s1. The van der Waals surface area contributed by atoms with E-state index in [1.54, 1.807) is 16.8 Å². The Morgan fingerprint density at radius 1 is 1.15 bits per heavy atom. The zero-order valence-corrected chi connectivity index (χ0v) is 17.2. The number of amides is 2. The summed E-state index contributed by atoms with van der Waals surface area (Å²) in [5.41, 5.74) is 2.88. The topological polar surface area (TPSA) is 45.0 Å². The third kappa shape index (κ3) is 1.93. The van der Waals surface area contributed by atoms with Crippen molar-refractivity contribution in [3.63, 3.8) is 0 Å². The molecule has 5 nitrogen and oxygen atoms in total. The molecule has 0 unspecified atom stereocenters. The molecule has 0 N–H and O–H groups in total. The fourth-order valence-electron chi connectivity index (χ4n) is 5.15. The van der Waals surface area contributed by atoms with Crippen LogP contribution in [0, 0.1) is 6.57 Å². The molecule has 1 spiro atoms. The number of likely N-dealkylation sites (N-methyl/N-ethyl adjacent to an activating group) is 1. The van der Waals surface area contributed by atoms with Crippen molar-refractivity contribution in [2.24, 2.45) is 0 Å². The van der Waals surface area contributed by atoms with Crippen molar-refractivity contribution < 1.29 is 9.59 Å². The second-order valence-electron chi connectivity index (χ2n) is 8.40. The van der Waals surface area contributed by atoms with Crippen LogP contribution in [0.3, 0.4) is 0 Å². The maximum atomic E-state index is 13.6. The smallest absolute Gasteiger partial charge is 0.262 e. The minimum Gasteiger partial charge on any atom is -0.319 e. The van der Waals surface area contributed by atoms with Crippen molar-refractivity contribution in [2.75, 3.05) is 7.05 Å². The summed E-state index contributed by atoms with van der Waals surface area (Å²) in [5.74, 6) is -0.0990. The molecule has 0 radical (unpaired) electrons. The van der Waals surface area contributed by atoms with Crippen LogP contribution in [0.1, 0.15) is 49.4 Å². The molecule has 1 aliphatic carbocycles. The molecule has 1 aromatic rings. The zero-order valence-electron chi connectivity index (χ0n) is 15.6. The van der Waals surface area contributed by atoms with Gasteiger partial charge in [0, 0.05) is 14.0 Å². The number of carbonyl (C=O) groups excluding carboxylic acids is 2. The van der Waals surface area contributed by atoms with Crippen molar-refractivity contribution >= 4 is 33.4 Å². The molecule has 4 heterocycles. The number of hydrogen-bond donors (Lipinski definition) is 0. The van der Waals surface area contributed by atoms with E-state index in [9.17, 15) is 9.59 Å². The molecule has 140 valence electrons. The van der Waals surface area contributed by atoms with Gasteiger partial charge in [-0.2, -0.15) is 0 Å². The molecule has 4 saturated heterocycles. The Morgan fingerprint density at radius 3 is 2.63 bits per heavy atom. The molecule has 2 amide bonds. The van der Waals surface area contributed by atoms with Crippen LogP contribution in [0.25, 0.3) is 4.85 Å². The van der Waals surface area contributed by atoms with Gasteiger partial charge in [-0.3, -0.25) is 9.59 Å². The normalized spacial score (nSPS) is 39.6. The molecule has 1 aromatic carbocycles. The summed E-state index contributed by atoms with van der Waals surface area (Å²) in [6.07, 6.45) is 3.67. The minimum atomic E-state index is -0.975. The summed E-state index contributed by atoms with van der Waals surface area (Å²) in [6.45, 7) is 11.7. The van der Waals surface area contributed by atoms with Gasteiger partial charge in [-0.05, 0) is 42.9 Å². The van der Waals surface area contributed by atoms with Gasteiger partial charge in [0.2, 0.25) is 0 Å². The molecule has 6 rings (SSSR count). The van der Waals surface area contributed by atoms with Gasteiger partial charge in [0.25, 0.3) is 17.4 Å². The first kappa shape index (κ1) is 17.4. The van der Waals surface area contributed by atoms with Gasteiger partial charge in [-0.15, -0.1) is 0 Å². The van der Waals surface area contributed by atoms with E-state index in [0.29, 0.717) is 6.42 Å². The molecule has 7 heteroatoms. The predicted octanol–water partition coefficient (Wildman–Crippen LogP) is 3.41. The number of nitrogens with zero attached hydrogens (tertiary/aromatic N) is 3. The van der Waals surface area contributed by atoms with Gasteiger partial charge in [0.15, 0.2) is 9.74 Å². The number of carbonyl (C=O) groups is 2. The van der Waals surface area contributed by atoms with Gasteiger partial charge >= 0.3 is 0 Å². The lowest BCUT2D eigenvalue weighted by Gasteiger charge is -2.57. The van der Waals surface area contributed by atoms with Crippen LogP contribution in [0.5, 0.6) is 0 Å². The van der Waals surface area contributed by atoms with Crippen LogP contribution in [-0.4, -0.2) is 43.9 Å². The Kier molecular flexibility index (Phi) is 3.38. The van der Waals surface area contributed by atoms with E-state index in [2.05, 4.69) is 23.0 Å². The second kappa shape index (κ2) is 5.24. The minimum absolute atomic E-state index is 0.0492. The maximum absolute atomic E-state index is 13.6. The van der Waals surface area contributed by atoms with Crippen molar-refractivity contribution in [1.29, 1.82) is 0 Å². The molecule has 0 saturated carbocycles. The Hall–Kier alpha value is -1.65. The lowest BCUT2D eigenvalue weighted by molar-refractivity contribution is -0.164. The average Bonchev–Trinajstić information content (AvgIpc) is 3.23. The first-order valence-corrected chi connectivity index (χ1v) is 11.4. The van der Waals surface area contributed by atoms with Crippen LogP contribution in [0.4, 0.5) is 0 Å². The molecule has 27 heavy (non-hydrogen) atoms. The van der Waals surface area contributed by atoms with Crippen LogP contribution < -0.4 is 0 Å². The summed E-state index contributed by atoms with van der Waals surface area (Å²) >= 11 is 0. The molecule has 5 aliphatic rings. The molecule has 2 bridgehead atoms. The summed E-state index contributed by atoms with van der Waals surface area (Å²) in [6, 6.07) is 6.01. The van der Waals surface area contributed by atoms with E-state index < -0.39 is 21.3 Å². The van der Waals surface area contributed by atoms with Crippen LogP contribution in [0.2, 0.25) is 0 Å². The molecule has 4 aliphatic heterocycles. The van der Waals surface area contributed by atoms with E-state index in [1.165, 1.54) is 32.7 Å². The summed E-state index contributed by atoms with van der Waals surface area (Å²) in [7, 11) is 4.65. The van der Waals surface area contributed by atoms with Gasteiger partial charge in [-0.25, -0.2) is 6.57 Å². The van der Waals surface area contributed by atoms with E-state index in [-0.39, 0.29) is 11.8 Å². The largest absolute Gasteiger partial charge is 0.319 e. The summed E-state index contributed by atoms with van der Waals surface area (Å²) < 4.78 is 0. The highest BCUT2D eigenvalue weighted by Gasteiger charge is 2.77. The van der Waals surface area contributed by atoms with E-state index in [4.69, 9.17) is 6.57 Å². The third-order valence-corrected chi connectivity index (χ3v) is 10.5. The number of piperazine rings is 1. The molecule has 4 fully saturated rings. The van der Waals surface area contributed by atoms with Crippen molar-refractivity contribution in [3.05, 3.63) is 46.3 Å². The number of aryl methyl sites for hydroxylation is 2. The second-order valence-corrected chi connectivity index (χ2v) is 11.2. The average molecular weight is 400 g/mol. The highest BCUT2D eigenvalue weighted by molar-refractivity contribution is 8.78. The Bertz CT molecular complexity index is 944. The van der Waals surface area contributed by atoms with Crippen molar-refractivity contribution in [2.45, 2.75) is 60.9 Å². The van der Waals surface area contributed by atoms with Crippen molar-refractivity contribution in [1.82, 2.24) is 9.80 Å². The molecular weight excluding hydrogens is 378 g/mol. The Balaban J connectivity index is 1.71.